The normalized spacial score (nSPS) is 10.2. The van der Waals surface area contributed by atoms with Crippen LogP contribution in [0.5, 0.6) is 0 Å². The summed E-state index contributed by atoms with van der Waals surface area (Å²) >= 11 is 2.12. The quantitative estimate of drug-likeness (QED) is 0.862. The van der Waals surface area contributed by atoms with Crippen LogP contribution in [0.4, 0.5) is 0 Å². The highest BCUT2D eigenvalue weighted by Crippen LogP contribution is 2.11. The third-order valence-electron chi connectivity index (χ3n) is 1.55. The second kappa shape index (κ2) is 3.93. The maximum Gasteiger partial charge on any atom is 0.352 e. The van der Waals surface area contributed by atoms with Crippen molar-refractivity contribution in [2.45, 2.75) is 19.9 Å². The fraction of sp³-hybridized carbons (Fsp3) is 0.375. The van der Waals surface area contributed by atoms with E-state index >= 15 is 0 Å². The lowest BCUT2D eigenvalue weighted by Crippen LogP contribution is -2.06. The summed E-state index contributed by atoms with van der Waals surface area (Å²) in [6.07, 6.45) is 2.80. The van der Waals surface area contributed by atoms with Crippen LogP contribution >= 0.6 is 22.6 Å². The Kier molecular flexibility index (Phi) is 3.13. The van der Waals surface area contributed by atoms with Crippen molar-refractivity contribution in [1.29, 1.82) is 0 Å². The fourth-order valence-corrected chi connectivity index (χ4v) is 1.71. The van der Waals surface area contributed by atoms with Gasteiger partial charge in [0.25, 0.3) is 0 Å². The number of nitrogens with zero attached hydrogens (tertiary/aromatic N) is 1. The van der Waals surface area contributed by atoms with Crippen molar-refractivity contribution in [2.75, 3.05) is 0 Å². The number of carboxylic acids is 1. The Morgan fingerprint density at radius 2 is 2.42 bits per heavy atom. The highest BCUT2D eigenvalue weighted by molar-refractivity contribution is 14.1. The molecule has 3 nitrogen and oxygen atoms in total. The standard InChI is InChI=1S/C8H10INO2/c1-2-3-10-5-6(9)4-7(10)8(11)12/h4-5H,2-3H2,1H3,(H,11,12). The van der Waals surface area contributed by atoms with E-state index in [0.717, 1.165) is 16.5 Å². The van der Waals surface area contributed by atoms with Crippen molar-refractivity contribution in [3.63, 3.8) is 0 Å². The van der Waals surface area contributed by atoms with Gasteiger partial charge in [0.1, 0.15) is 5.69 Å². The average molecular weight is 279 g/mol. The van der Waals surface area contributed by atoms with Crippen LogP contribution in [0, 0.1) is 3.57 Å². The van der Waals surface area contributed by atoms with E-state index in [4.69, 9.17) is 5.11 Å². The summed E-state index contributed by atoms with van der Waals surface area (Å²) in [4.78, 5) is 10.7. The monoisotopic (exact) mass is 279 g/mol. The summed E-state index contributed by atoms with van der Waals surface area (Å²) in [6.45, 7) is 2.79. The Morgan fingerprint density at radius 1 is 1.75 bits per heavy atom. The van der Waals surface area contributed by atoms with Gasteiger partial charge in [-0.05, 0) is 35.1 Å². The minimum Gasteiger partial charge on any atom is -0.477 e. The maximum absolute atomic E-state index is 10.7. The number of aromatic nitrogens is 1. The summed E-state index contributed by atoms with van der Waals surface area (Å²) in [5.41, 5.74) is 0.376. The first-order valence-corrected chi connectivity index (χ1v) is 4.82. The van der Waals surface area contributed by atoms with Gasteiger partial charge in [-0.25, -0.2) is 4.79 Å². The molecule has 1 N–H and O–H groups in total. The predicted octanol–water partition coefficient (Wildman–Crippen LogP) is 2.20. The molecule has 1 aromatic heterocycles. The first-order valence-electron chi connectivity index (χ1n) is 3.74. The number of aromatic carboxylic acids is 1. The molecule has 0 spiro atoms. The van der Waals surface area contributed by atoms with Gasteiger partial charge < -0.3 is 9.67 Å². The van der Waals surface area contributed by atoms with Gasteiger partial charge in [-0.2, -0.15) is 0 Å². The predicted molar refractivity (Wildman–Crippen MR) is 54.4 cm³/mol. The molecule has 0 aromatic carbocycles. The van der Waals surface area contributed by atoms with Crippen molar-refractivity contribution in [1.82, 2.24) is 4.57 Å². The van der Waals surface area contributed by atoms with Crippen LogP contribution < -0.4 is 0 Å². The minimum atomic E-state index is -0.855. The van der Waals surface area contributed by atoms with Crippen LogP contribution in [0.1, 0.15) is 23.8 Å². The number of hydrogen-bond donors (Lipinski definition) is 1. The molecule has 0 aliphatic heterocycles. The lowest BCUT2D eigenvalue weighted by atomic mass is 10.4. The molecule has 0 radical (unpaired) electrons. The first-order chi connectivity index (χ1) is 5.65. The Morgan fingerprint density at radius 3 is 2.92 bits per heavy atom. The largest absolute Gasteiger partial charge is 0.477 e. The molecule has 0 amide bonds. The van der Waals surface area contributed by atoms with Crippen LogP contribution in [0.15, 0.2) is 12.3 Å². The fourth-order valence-electron chi connectivity index (χ4n) is 1.08. The molecule has 0 bridgehead atoms. The molecule has 0 aliphatic rings. The zero-order valence-electron chi connectivity index (χ0n) is 6.75. The molecule has 0 saturated carbocycles. The average Bonchev–Trinajstić information content (AvgIpc) is 2.32. The SMILES string of the molecule is CCCn1cc(I)cc1C(=O)O. The van der Waals surface area contributed by atoms with E-state index in [1.165, 1.54) is 0 Å². The summed E-state index contributed by atoms with van der Waals surface area (Å²) in [6, 6.07) is 1.68. The molecule has 1 rings (SSSR count). The molecular formula is C8H10INO2. The van der Waals surface area contributed by atoms with Gasteiger partial charge in [0.2, 0.25) is 0 Å². The molecule has 1 aromatic rings. The number of carbonyl (C=O) groups is 1. The zero-order valence-corrected chi connectivity index (χ0v) is 8.91. The van der Waals surface area contributed by atoms with E-state index < -0.39 is 5.97 Å². The number of rotatable bonds is 3. The Balaban J connectivity index is 2.99. The Hall–Kier alpha value is -0.520. The molecular weight excluding hydrogens is 269 g/mol. The summed E-state index contributed by atoms with van der Waals surface area (Å²) in [5.74, 6) is -0.855. The van der Waals surface area contributed by atoms with Gasteiger partial charge in [-0.15, -0.1) is 0 Å². The van der Waals surface area contributed by atoms with Crippen LogP contribution in [0.25, 0.3) is 0 Å². The lowest BCUT2D eigenvalue weighted by molar-refractivity contribution is 0.0685. The Labute approximate surface area is 84.5 Å². The van der Waals surface area contributed by atoms with E-state index in [1.807, 2.05) is 13.1 Å². The molecule has 0 fully saturated rings. The smallest absolute Gasteiger partial charge is 0.352 e. The molecule has 12 heavy (non-hydrogen) atoms. The number of aryl methyl sites for hydroxylation is 1. The molecule has 1 heterocycles. The molecule has 66 valence electrons. The van der Waals surface area contributed by atoms with Gasteiger partial charge >= 0.3 is 5.97 Å². The first kappa shape index (κ1) is 9.57. The third kappa shape index (κ3) is 2.00. The van der Waals surface area contributed by atoms with Crippen molar-refractivity contribution >= 4 is 28.6 Å². The van der Waals surface area contributed by atoms with Gasteiger partial charge in [-0.3, -0.25) is 0 Å². The molecule has 0 unspecified atom stereocenters. The lowest BCUT2D eigenvalue weighted by Gasteiger charge is -2.01. The van der Waals surface area contributed by atoms with E-state index in [9.17, 15) is 4.79 Å². The van der Waals surface area contributed by atoms with Crippen LogP contribution in [-0.2, 0) is 6.54 Å². The highest BCUT2D eigenvalue weighted by Gasteiger charge is 2.09. The topological polar surface area (TPSA) is 42.2 Å². The molecule has 0 saturated heterocycles. The second-order valence-corrected chi connectivity index (χ2v) is 3.79. The van der Waals surface area contributed by atoms with E-state index in [-0.39, 0.29) is 0 Å². The summed E-state index contributed by atoms with van der Waals surface area (Å²) < 4.78 is 2.74. The third-order valence-corrected chi connectivity index (χ3v) is 2.14. The zero-order chi connectivity index (χ0) is 9.14. The molecule has 0 aliphatic carbocycles. The van der Waals surface area contributed by atoms with Crippen LogP contribution in [0.3, 0.4) is 0 Å². The van der Waals surface area contributed by atoms with Crippen molar-refractivity contribution < 1.29 is 9.90 Å². The minimum absolute atomic E-state index is 0.376. The van der Waals surface area contributed by atoms with Crippen molar-refractivity contribution in [2.24, 2.45) is 0 Å². The summed E-state index contributed by atoms with van der Waals surface area (Å²) in [5, 5.41) is 8.78. The number of carboxylic acid groups (broad SMARTS) is 1. The number of halogens is 1. The van der Waals surface area contributed by atoms with Gasteiger partial charge in [-0.1, -0.05) is 6.92 Å². The van der Waals surface area contributed by atoms with Crippen molar-refractivity contribution in [3.8, 4) is 0 Å². The van der Waals surface area contributed by atoms with E-state index in [0.29, 0.717) is 5.69 Å². The Bertz CT molecular complexity index is 293. The number of hydrogen-bond acceptors (Lipinski definition) is 1. The van der Waals surface area contributed by atoms with E-state index in [2.05, 4.69) is 22.6 Å². The molecule has 4 heteroatoms. The van der Waals surface area contributed by atoms with Gasteiger partial charge in [0.15, 0.2) is 0 Å². The van der Waals surface area contributed by atoms with E-state index in [1.54, 1.807) is 10.6 Å². The highest BCUT2D eigenvalue weighted by atomic mass is 127. The maximum atomic E-state index is 10.7. The summed E-state index contributed by atoms with van der Waals surface area (Å²) in [7, 11) is 0. The second-order valence-electron chi connectivity index (χ2n) is 2.54. The van der Waals surface area contributed by atoms with Crippen molar-refractivity contribution in [3.05, 3.63) is 21.5 Å². The van der Waals surface area contributed by atoms with Gasteiger partial charge in [0.05, 0.1) is 0 Å². The molecule has 0 atom stereocenters. The van der Waals surface area contributed by atoms with Crippen LogP contribution in [-0.4, -0.2) is 15.6 Å². The van der Waals surface area contributed by atoms with Gasteiger partial charge in [0, 0.05) is 16.3 Å². The van der Waals surface area contributed by atoms with Crippen LogP contribution in [0.2, 0.25) is 0 Å².